The molecule has 0 bridgehead atoms. The predicted octanol–water partition coefficient (Wildman–Crippen LogP) is 3.19. The molecule has 2 N–H and O–H groups in total. The number of rotatable bonds is 3. The molecule has 0 spiro atoms. The van der Waals surface area contributed by atoms with Crippen LogP contribution in [0.4, 0.5) is 36.4 Å². The van der Waals surface area contributed by atoms with Gasteiger partial charge in [-0.3, -0.25) is 4.79 Å². The molecule has 1 aromatic carbocycles. The lowest BCUT2D eigenvalue weighted by atomic mass is 10.1. The highest BCUT2D eigenvalue weighted by Crippen LogP contribution is 2.43. The van der Waals surface area contributed by atoms with E-state index in [-0.39, 0.29) is 0 Å². The lowest BCUT2D eigenvalue weighted by Gasteiger charge is -2.38. The first-order valence-electron chi connectivity index (χ1n) is 5.35. The van der Waals surface area contributed by atoms with Crippen LogP contribution in [-0.2, 0) is 4.79 Å². The fraction of sp³-hybridized carbons (Fsp3) is 0.364. The van der Waals surface area contributed by atoms with Crippen molar-refractivity contribution in [1.82, 2.24) is 5.32 Å². The topological polar surface area (TPSA) is 41.1 Å². The van der Waals surface area contributed by atoms with Crippen LogP contribution in [0.5, 0.6) is 0 Å². The number of carbonyl (C=O) groups is 1. The Morgan fingerprint density at radius 2 is 1.48 bits per heavy atom. The van der Waals surface area contributed by atoms with Gasteiger partial charge in [-0.2, -0.15) is 26.3 Å². The van der Waals surface area contributed by atoms with Gasteiger partial charge in [-0.15, -0.1) is 0 Å². The smallest absolute Gasteiger partial charge is 0.345 e. The molecule has 0 heterocycles. The number of alkyl halides is 6. The van der Waals surface area contributed by atoms with E-state index in [1.807, 2.05) is 0 Å². The molecule has 21 heavy (non-hydrogen) atoms. The van der Waals surface area contributed by atoms with E-state index >= 15 is 0 Å². The molecule has 1 aromatic rings. The Hall–Kier alpha value is -2.00. The molecule has 0 fully saturated rings. The van der Waals surface area contributed by atoms with Crippen LogP contribution < -0.4 is 10.6 Å². The Morgan fingerprint density at radius 1 is 1.00 bits per heavy atom. The molecule has 10 heteroatoms. The van der Waals surface area contributed by atoms with Crippen molar-refractivity contribution < 1.29 is 35.5 Å². The quantitative estimate of drug-likeness (QED) is 0.664. The number of anilines is 1. The summed E-state index contributed by atoms with van der Waals surface area (Å²) in [6.07, 6.45) is -11.9. The molecule has 3 nitrogen and oxygen atoms in total. The van der Waals surface area contributed by atoms with Crippen LogP contribution in [-0.4, -0.2) is 23.9 Å². The molecule has 0 atom stereocenters. The van der Waals surface area contributed by atoms with E-state index < -0.39 is 35.4 Å². The van der Waals surface area contributed by atoms with Gasteiger partial charge in [-0.1, -0.05) is 12.1 Å². The van der Waals surface area contributed by atoms with E-state index in [0.717, 1.165) is 22.8 Å². The van der Waals surface area contributed by atoms with Crippen molar-refractivity contribution in [3.63, 3.8) is 0 Å². The van der Waals surface area contributed by atoms with Crippen molar-refractivity contribution in [2.45, 2.75) is 24.9 Å². The van der Waals surface area contributed by atoms with E-state index in [9.17, 15) is 35.5 Å². The zero-order valence-corrected chi connectivity index (χ0v) is 10.4. The molecule has 0 radical (unpaired) electrons. The molecule has 0 aromatic heterocycles. The average molecular weight is 318 g/mol. The zero-order valence-electron chi connectivity index (χ0n) is 10.4. The molecule has 0 saturated carbocycles. The largest absolute Gasteiger partial charge is 0.439 e. The molecule has 0 aliphatic heterocycles. The standard InChI is InChI=1S/C11H9F7N2O/c1-6(21)19-9(10(13,14)15,11(16,17)18)20-8-5-3-2-4-7(8)12/h2-5,20H,1H3,(H,19,21). The van der Waals surface area contributed by atoms with E-state index in [0.29, 0.717) is 19.1 Å². The fourth-order valence-electron chi connectivity index (χ4n) is 1.50. The van der Waals surface area contributed by atoms with Crippen LogP contribution in [0.25, 0.3) is 0 Å². The summed E-state index contributed by atoms with van der Waals surface area (Å²) in [4.78, 5) is 10.8. The Balaban J connectivity index is 3.43. The van der Waals surface area contributed by atoms with Gasteiger partial charge < -0.3 is 10.6 Å². The van der Waals surface area contributed by atoms with Crippen molar-refractivity contribution in [3.05, 3.63) is 30.1 Å². The molecule has 0 aliphatic carbocycles. The van der Waals surface area contributed by atoms with Gasteiger partial charge in [0.25, 0.3) is 0 Å². The highest BCUT2D eigenvalue weighted by molar-refractivity contribution is 5.75. The van der Waals surface area contributed by atoms with Gasteiger partial charge in [-0.05, 0) is 12.1 Å². The predicted molar refractivity (Wildman–Crippen MR) is 58.7 cm³/mol. The minimum absolute atomic E-state index is 0.481. The molecule has 1 rings (SSSR count). The number of carbonyl (C=O) groups excluding carboxylic acids is 1. The Kier molecular flexibility index (Phi) is 4.40. The maximum absolute atomic E-state index is 13.3. The SMILES string of the molecule is CC(=O)NC(Nc1ccccc1F)(C(F)(F)F)C(F)(F)F. The van der Waals surface area contributed by atoms with Crippen LogP contribution in [0.2, 0.25) is 0 Å². The summed E-state index contributed by atoms with van der Waals surface area (Å²) >= 11 is 0. The van der Waals surface area contributed by atoms with E-state index in [2.05, 4.69) is 0 Å². The number of amides is 1. The van der Waals surface area contributed by atoms with E-state index in [1.54, 1.807) is 0 Å². The molecular weight excluding hydrogens is 309 g/mol. The maximum atomic E-state index is 13.3. The number of hydrogen-bond donors (Lipinski definition) is 2. The number of hydrogen-bond acceptors (Lipinski definition) is 2. The number of nitrogens with one attached hydrogen (secondary N) is 2. The number of benzene rings is 1. The third-order valence-electron chi connectivity index (χ3n) is 2.41. The van der Waals surface area contributed by atoms with E-state index in [4.69, 9.17) is 0 Å². The minimum Gasteiger partial charge on any atom is -0.345 e. The summed E-state index contributed by atoms with van der Waals surface area (Å²) in [6.45, 7) is 0.481. The number of para-hydroxylation sites is 1. The Morgan fingerprint density at radius 3 is 1.86 bits per heavy atom. The highest BCUT2D eigenvalue weighted by atomic mass is 19.4. The van der Waals surface area contributed by atoms with Crippen LogP contribution in [0.3, 0.4) is 0 Å². The summed E-state index contributed by atoms with van der Waals surface area (Å²) < 4.78 is 90.9. The third-order valence-corrected chi connectivity index (χ3v) is 2.41. The van der Waals surface area contributed by atoms with Crippen molar-refractivity contribution in [2.75, 3.05) is 5.32 Å². The summed E-state index contributed by atoms with van der Waals surface area (Å²) in [5.41, 5.74) is -5.85. The first-order valence-corrected chi connectivity index (χ1v) is 5.35. The van der Waals surface area contributed by atoms with Crippen LogP contribution >= 0.6 is 0 Å². The van der Waals surface area contributed by atoms with Gasteiger partial charge in [0.1, 0.15) is 5.82 Å². The summed E-state index contributed by atoms with van der Waals surface area (Å²) in [7, 11) is 0. The lowest BCUT2D eigenvalue weighted by Crippen LogP contribution is -2.72. The van der Waals surface area contributed by atoms with Gasteiger partial charge in [0.15, 0.2) is 0 Å². The van der Waals surface area contributed by atoms with Crippen molar-refractivity contribution >= 4 is 11.6 Å². The van der Waals surface area contributed by atoms with Gasteiger partial charge in [0.05, 0.1) is 5.69 Å². The van der Waals surface area contributed by atoms with Crippen molar-refractivity contribution in [2.24, 2.45) is 0 Å². The minimum atomic E-state index is -5.96. The summed E-state index contributed by atoms with van der Waals surface area (Å²) in [5, 5.41) is 1.80. The molecule has 0 unspecified atom stereocenters. The average Bonchev–Trinajstić information content (AvgIpc) is 2.27. The Labute approximate surface area is 114 Å². The zero-order chi connectivity index (χ0) is 16.5. The maximum Gasteiger partial charge on any atom is 0.439 e. The van der Waals surface area contributed by atoms with Gasteiger partial charge in [-0.25, -0.2) is 4.39 Å². The molecule has 0 aliphatic rings. The van der Waals surface area contributed by atoms with Gasteiger partial charge >= 0.3 is 18.0 Å². The molecule has 118 valence electrons. The second-order valence-electron chi connectivity index (χ2n) is 4.03. The van der Waals surface area contributed by atoms with Crippen LogP contribution in [0, 0.1) is 5.82 Å². The first kappa shape index (κ1) is 17.1. The summed E-state index contributed by atoms with van der Waals surface area (Å²) in [5.74, 6) is -2.92. The second kappa shape index (κ2) is 5.41. The normalized spacial score (nSPS) is 13.0. The lowest BCUT2D eigenvalue weighted by molar-refractivity contribution is -0.295. The van der Waals surface area contributed by atoms with Gasteiger partial charge in [0.2, 0.25) is 5.91 Å². The van der Waals surface area contributed by atoms with Crippen LogP contribution in [0.15, 0.2) is 24.3 Å². The monoisotopic (exact) mass is 318 g/mol. The second-order valence-corrected chi connectivity index (χ2v) is 4.03. The van der Waals surface area contributed by atoms with Crippen LogP contribution in [0.1, 0.15) is 6.92 Å². The van der Waals surface area contributed by atoms with E-state index in [1.165, 1.54) is 0 Å². The first-order chi connectivity index (χ1) is 9.41. The molecular formula is C11H9F7N2O. The summed E-state index contributed by atoms with van der Waals surface area (Å²) in [6, 6.07) is 3.48. The molecule has 1 amide bonds. The number of halogens is 7. The highest BCUT2D eigenvalue weighted by Gasteiger charge is 2.72. The van der Waals surface area contributed by atoms with Crippen molar-refractivity contribution in [1.29, 1.82) is 0 Å². The van der Waals surface area contributed by atoms with Crippen molar-refractivity contribution in [3.8, 4) is 0 Å². The molecule has 0 saturated heterocycles. The Bertz CT molecular complexity index is 510. The third kappa shape index (κ3) is 3.37. The van der Waals surface area contributed by atoms with Gasteiger partial charge in [0, 0.05) is 6.92 Å². The fourth-order valence-corrected chi connectivity index (χ4v) is 1.50.